The van der Waals surface area contributed by atoms with Gasteiger partial charge in [0.2, 0.25) is 0 Å². The van der Waals surface area contributed by atoms with Gasteiger partial charge in [-0.25, -0.2) is 13.2 Å². The molecule has 0 unspecified atom stereocenters. The van der Waals surface area contributed by atoms with Crippen molar-refractivity contribution in [2.24, 2.45) is 0 Å². The number of sulfone groups is 1. The van der Waals surface area contributed by atoms with Crippen LogP contribution in [0.25, 0.3) is 0 Å². The molecule has 0 atom stereocenters. The van der Waals surface area contributed by atoms with E-state index in [2.05, 4.69) is 5.32 Å². The molecule has 2 aromatic rings. The summed E-state index contributed by atoms with van der Waals surface area (Å²) in [7, 11) is -3.61. The van der Waals surface area contributed by atoms with Gasteiger partial charge >= 0.3 is 11.9 Å². The van der Waals surface area contributed by atoms with Gasteiger partial charge in [0.25, 0.3) is 5.91 Å². The molecule has 1 N–H and O–H groups in total. The Balaban J connectivity index is 1.78. The zero-order valence-corrected chi connectivity index (χ0v) is 17.5. The van der Waals surface area contributed by atoms with Crippen LogP contribution in [0.1, 0.15) is 29.3 Å². The molecule has 160 valence electrons. The van der Waals surface area contributed by atoms with E-state index in [1.54, 1.807) is 19.1 Å². The van der Waals surface area contributed by atoms with E-state index in [0.717, 1.165) is 5.56 Å². The topological polar surface area (TPSA) is 116 Å². The minimum absolute atomic E-state index is 0.130. The summed E-state index contributed by atoms with van der Waals surface area (Å²) in [6, 6.07) is 12.3. The fourth-order valence-electron chi connectivity index (χ4n) is 2.40. The lowest BCUT2D eigenvalue weighted by Crippen LogP contribution is -2.22. The maximum absolute atomic E-state index is 12.2. The summed E-state index contributed by atoms with van der Waals surface area (Å²) in [5, 5.41) is 2.51. The molecule has 0 fully saturated rings. The molecule has 0 aliphatic rings. The molecule has 2 rings (SSSR count). The van der Waals surface area contributed by atoms with Crippen molar-refractivity contribution in [2.45, 2.75) is 25.2 Å². The normalized spacial score (nSPS) is 10.9. The predicted molar refractivity (Wildman–Crippen MR) is 110 cm³/mol. The molecule has 8 nitrogen and oxygen atoms in total. The summed E-state index contributed by atoms with van der Waals surface area (Å²) >= 11 is 0. The van der Waals surface area contributed by atoms with Crippen molar-refractivity contribution in [1.82, 2.24) is 0 Å². The molecule has 2 aromatic carbocycles. The first-order valence-corrected chi connectivity index (χ1v) is 10.9. The van der Waals surface area contributed by atoms with Crippen LogP contribution in [-0.4, -0.2) is 45.2 Å². The number of ether oxygens (including phenoxy) is 2. The minimum atomic E-state index is -3.61. The molecule has 30 heavy (non-hydrogen) atoms. The molecule has 9 heteroatoms. The summed E-state index contributed by atoms with van der Waals surface area (Å²) < 4.78 is 34.1. The lowest BCUT2D eigenvalue weighted by atomic mass is 10.2. The Hall–Kier alpha value is -3.20. The second kappa shape index (κ2) is 10.5. The molecular formula is C21H23NO7S. The molecule has 0 saturated carbocycles. The Morgan fingerprint density at radius 2 is 1.57 bits per heavy atom. The van der Waals surface area contributed by atoms with Gasteiger partial charge in [-0.2, -0.15) is 0 Å². The Kier molecular flexibility index (Phi) is 8.11. The fourth-order valence-corrected chi connectivity index (χ4v) is 3.62. The number of benzene rings is 2. The maximum atomic E-state index is 12.2. The van der Waals surface area contributed by atoms with Crippen LogP contribution in [0.3, 0.4) is 0 Å². The van der Waals surface area contributed by atoms with Crippen LogP contribution in [0.4, 0.5) is 5.69 Å². The summed E-state index contributed by atoms with van der Waals surface area (Å²) in [5.74, 6) is -2.26. The largest absolute Gasteiger partial charge is 0.462 e. The van der Waals surface area contributed by atoms with Crippen molar-refractivity contribution < 1.29 is 32.3 Å². The summed E-state index contributed by atoms with van der Waals surface area (Å²) in [5.41, 5.74) is 1.68. The van der Waals surface area contributed by atoms with Gasteiger partial charge in [0, 0.05) is 5.69 Å². The van der Waals surface area contributed by atoms with Crippen LogP contribution in [0.5, 0.6) is 0 Å². The molecule has 0 aliphatic carbocycles. The van der Waals surface area contributed by atoms with Crippen LogP contribution in [0, 0.1) is 6.92 Å². The zero-order valence-electron chi connectivity index (χ0n) is 16.7. The van der Waals surface area contributed by atoms with Crippen molar-refractivity contribution in [3.8, 4) is 0 Å². The molecule has 0 aliphatic heterocycles. The number of aryl methyl sites for hydroxylation is 1. The van der Waals surface area contributed by atoms with Gasteiger partial charge in [-0.1, -0.05) is 17.7 Å². The first-order chi connectivity index (χ1) is 14.2. The SMILES string of the molecule is CCOC(=O)c1ccc(NC(=O)COC(=O)CCS(=O)(=O)c2ccc(C)cc2)cc1. The quantitative estimate of drug-likeness (QED) is 0.604. The number of rotatable bonds is 9. The summed E-state index contributed by atoms with van der Waals surface area (Å²) in [4.78, 5) is 35.4. The third-order valence-electron chi connectivity index (χ3n) is 4.00. The molecule has 0 aromatic heterocycles. The number of nitrogens with one attached hydrogen (secondary N) is 1. The number of carbonyl (C=O) groups excluding carboxylic acids is 3. The van der Waals surface area contributed by atoms with Crippen molar-refractivity contribution in [2.75, 3.05) is 24.3 Å². The third-order valence-corrected chi connectivity index (χ3v) is 5.73. The lowest BCUT2D eigenvalue weighted by Gasteiger charge is -2.08. The number of amides is 1. The highest BCUT2D eigenvalue weighted by Crippen LogP contribution is 2.14. The first kappa shape index (κ1) is 23.1. The van der Waals surface area contributed by atoms with E-state index in [4.69, 9.17) is 9.47 Å². The molecular weight excluding hydrogens is 410 g/mol. The molecule has 0 heterocycles. The fraction of sp³-hybridized carbons (Fsp3) is 0.286. The van der Waals surface area contributed by atoms with Gasteiger partial charge in [-0.05, 0) is 50.2 Å². The van der Waals surface area contributed by atoms with E-state index >= 15 is 0 Å². The van der Waals surface area contributed by atoms with Gasteiger partial charge < -0.3 is 14.8 Å². The monoisotopic (exact) mass is 433 g/mol. The highest BCUT2D eigenvalue weighted by molar-refractivity contribution is 7.91. The average Bonchev–Trinajstić information content (AvgIpc) is 2.72. The van der Waals surface area contributed by atoms with Crippen molar-refractivity contribution >= 4 is 33.4 Å². The van der Waals surface area contributed by atoms with Crippen LogP contribution in [-0.2, 0) is 28.9 Å². The molecule has 1 amide bonds. The Morgan fingerprint density at radius 3 is 2.17 bits per heavy atom. The zero-order chi connectivity index (χ0) is 22.1. The molecule has 0 spiro atoms. The lowest BCUT2D eigenvalue weighted by molar-refractivity contribution is -0.146. The second-order valence-corrected chi connectivity index (χ2v) is 8.50. The van der Waals surface area contributed by atoms with Crippen molar-refractivity contribution in [1.29, 1.82) is 0 Å². The first-order valence-electron chi connectivity index (χ1n) is 9.23. The van der Waals surface area contributed by atoms with Crippen molar-refractivity contribution in [3.05, 3.63) is 59.7 Å². The number of hydrogen-bond acceptors (Lipinski definition) is 7. The smallest absolute Gasteiger partial charge is 0.338 e. The Labute approximate surface area is 175 Å². The van der Waals surface area contributed by atoms with E-state index in [9.17, 15) is 22.8 Å². The van der Waals surface area contributed by atoms with Gasteiger partial charge in [-0.15, -0.1) is 0 Å². The number of anilines is 1. The molecule has 0 saturated heterocycles. The van der Waals surface area contributed by atoms with Crippen LogP contribution in [0.2, 0.25) is 0 Å². The third kappa shape index (κ3) is 7.00. The second-order valence-electron chi connectivity index (χ2n) is 6.39. The summed E-state index contributed by atoms with van der Waals surface area (Å²) in [6.45, 7) is 3.25. The van der Waals surface area contributed by atoms with E-state index in [1.807, 2.05) is 6.92 Å². The number of carbonyl (C=O) groups is 3. The molecule has 0 bridgehead atoms. The van der Waals surface area contributed by atoms with Gasteiger partial charge in [-0.3, -0.25) is 9.59 Å². The predicted octanol–water partition coefficient (Wildman–Crippen LogP) is 2.52. The summed E-state index contributed by atoms with van der Waals surface area (Å²) in [6.07, 6.45) is -0.363. The highest BCUT2D eigenvalue weighted by Gasteiger charge is 2.17. The van der Waals surface area contributed by atoms with Crippen LogP contribution < -0.4 is 5.32 Å². The van der Waals surface area contributed by atoms with Crippen LogP contribution in [0.15, 0.2) is 53.4 Å². The number of esters is 2. The minimum Gasteiger partial charge on any atom is -0.462 e. The average molecular weight is 433 g/mol. The maximum Gasteiger partial charge on any atom is 0.338 e. The Bertz CT molecular complexity index is 997. The highest BCUT2D eigenvalue weighted by atomic mass is 32.2. The van der Waals surface area contributed by atoms with Crippen molar-refractivity contribution in [3.63, 3.8) is 0 Å². The number of hydrogen-bond donors (Lipinski definition) is 1. The van der Waals surface area contributed by atoms with Gasteiger partial charge in [0.15, 0.2) is 16.4 Å². The van der Waals surface area contributed by atoms with E-state index in [-0.39, 0.29) is 17.9 Å². The van der Waals surface area contributed by atoms with E-state index in [1.165, 1.54) is 36.4 Å². The Morgan fingerprint density at radius 1 is 0.933 bits per heavy atom. The van der Waals surface area contributed by atoms with Crippen LogP contribution >= 0.6 is 0 Å². The molecule has 0 radical (unpaired) electrons. The van der Waals surface area contributed by atoms with Gasteiger partial charge in [0.05, 0.1) is 29.2 Å². The van der Waals surface area contributed by atoms with E-state index in [0.29, 0.717) is 11.3 Å². The van der Waals surface area contributed by atoms with E-state index < -0.39 is 40.0 Å². The standard InChI is InChI=1S/C21H23NO7S/c1-3-28-21(25)16-6-8-17(9-7-16)22-19(23)14-29-20(24)12-13-30(26,27)18-10-4-15(2)5-11-18/h4-11H,3,12-14H2,1-2H3,(H,22,23). The van der Waals surface area contributed by atoms with Gasteiger partial charge in [0.1, 0.15) is 0 Å².